The Morgan fingerprint density at radius 2 is 2.00 bits per heavy atom. The van der Waals surface area contributed by atoms with E-state index in [1.54, 1.807) is 23.6 Å². The molecule has 0 aliphatic heterocycles. The van der Waals surface area contributed by atoms with Crippen molar-refractivity contribution in [2.45, 2.75) is 6.54 Å². The molecule has 2 aromatic heterocycles. The molecule has 0 atom stereocenters. The molecule has 2 heterocycles. The molecule has 170 valence electrons. The van der Waals surface area contributed by atoms with Crippen LogP contribution in [0.3, 0.4) is 0 Å². The molecule has 2 amide bonds. The number of aromatic nitrogens is 2. The van der Waals surface area contributed by atoms with Gasteiger partial charge in [0.15, 0.2) is 19.8 Å². The minimum atomic E-state index is -4.08. The van der Waals surface area contributed by atoms with Crippen LogP contribution in [0.25, 0.3) is 10.2 Å². The molecule has 0 fully saturated rings. The third-order valence-electron chi connectivity index (χ3n) is 4.00. The van der Waals surface area contributed by atoms with Crippen LogP contribution in [-0.2, 0) is 35.5 Å². The highest BCUT2D eigenvalue weighted by Gasteiger charge is 2.22. The number of esters is 1. The lowest BCUT2D eigenvalue weighted by Gasteiger charge is -2.05. The molecule has 14 heteroatoms. The van der Waals surface area contributed by atoms with Crippen LogP contribution in [0, 0.1) is 0 Å². The van der Waals surface area contributed by atoms with Gasteiger partial charge >= 0.3 is 5.97 Å². The summed E-state index contributed by atoms with van der Waals surface area (Å²) in [5.74, 6) is -3.63. The molecule has 32 heavy (non-hydrogen) atoms. The summed E-state index contributed by atoms with van der Waals surface area (Å²) in [6.07, 6.45) is 1.46. The molecule has 0 unspecified atom stereocenters. The number of ether oxygens (including phenoxy) is 2. The first-order valence-electron chi connectivity index (χ1n) is 8.92. The molecule has 0 radical (unpaired) electrons. The van der Waals surface area contributed by atoms with Gasteiger partial charge in [-0.15, -0.1) is 11.3 Å². The number of methoxy groups -OCH3 is 2. The van der Waals surface area contributed by atoms with E-state index in [-0.39, 0.29) is 16.5 Å². The summed E-state index contributed by atoms with van der Waals surface area (Å²) in [4.78, 5) is 44.0. The maximum absolute atomic E-state index is 12.4. The Bertz CT molecular complexity index is 1320. The van der Waals surface area contributed by atoms with Crippen LogP contribution in [0.1, 0.15) is 0 Å². The average Bonchev–Trinajstić information content (AvgIpc) is 3.34. The second-order valence-corrected chi connectivity index (χ2v) is 10.3. The molecule has 0 aliphatic carbocycles. The molecule has 3 rings (SSSR count). The Morgan fingerprint density at radius 3 is 2.66 bits per heavy atom. The Morgan fingerprint density at radius 1 is 1.22 bits per heavy atom. The fourth-order valence-corrected chi connectivity index (χ4v) is 5.27. The van der Waals surface area contributed by atoms with Gasteiger partial charge in [-0.3, -0.25) is 14.4 Å². The van der Waals surface area contributed by atoms with Gasteiger partial charge in [-0.25, -0.2) is 13.4 Å². The van der Waals surface area contributed by atoms with Gasteiger partial charge < -0.3 is 19.4 Å². The third kappa shape index (κ3) is 5.99. The van der Waals surface area contributed by atoms with Gasteiger partial charge in [0.25, 0.3) is 5.91 Å². The normalized spacial score (nSPS) is 12.0. The highest BCUT2D eigenvalue weighted by atomic mass is 32.2. The molecular formula is C18H18N4O7S3. The first-order valence-corrected chi connectivity index (χ1v) is 12.4. The second kappa shape index (κ2) is 10.0. The van der Waals surface area contributed by atoms with Crippen LogP contribution >= 0.6 is 22.7 Å². The van der Waals surface area contributed by atoms with E-state index in [1.165, 1.54) is 25.0 Å². The van der Waals surface area contributed by atoms with Crippen LogP contribution in [0.4, 0.5) is 5.13 Å². The lowest BCUT2D eigenvalue weighted by Crippen LogP contribution is -2.28. The van der Waals surface area contributed by atoms with E-state index in [4.69, 9.17) is 9.47 Å². The third-order valence-corrected chi connectivity index (χ3v) is 7.12. The number of benzene rings is 1. The summed E-state index contributed by atoms with van der Waals surface area (Å²) in [5.41, 5.74) is 0.596. The number of carbonyl (C=O) groups is 3. The van der Waals surface area contributed by atoms with E-state index in [9.17, 15) is 22.8 Å². The number of carbonyl (C=O) groups excluding carboxylic acids is 3. The van der Waals surface area contributed by atoms with Gasteiger partial charge in [0.1, 0.15) is 23.8 Å². The number of nitrogens with zero attached hydrogens (tertiary/aromatic N) is 3. The molecule has 3 aromatic rings. The van der Waals surface area contributed by atoms with Gasteiger partial charge in [-0.1, -0.05) is 11.3 Å². The quantitative estimate of drug-likeness (QED) is 0.449. The fraction of sp³-hybridized carbons (Fsp3) is 0.278. The fourth-order valence-electron chi connectivity index (χ4n) is 2.63. The minimum absolute atomic E-state index is 0.117. The van der Waals surface area contributed by atoms with Crippen LogP contribution in [0.2, 0.25) is 0 Å². The Kier molecular flexibility index (Phi) is 7.37. The molecule has 0 aliphatic rings. The van der Waals surface area contributed by atoms with Crippen molar-refractivity contribution in [1.82, 2.24) is 9.55 Å². The number of thiazole rings is 2. The maximum Gasteiger partial charge on any atom is 0.325 e. The number of amides is 2. The number of rotatable bonds is 8. The van der Waals surface area contributed by atoms with E-state index in [0.29, 0.717) is 16.0 Å². The number of fused-ring (bicyclic) bond motifs is 1. The van der Waals surface area contributed by atoms with Gasteiger partial charge in [-0.2, -0.15) is 4.99 Å². The lowest BCUT2D eigenvalue weighted by molar-refractivity contribution is -0.141. The number of hydrogen-bond donors (Lipinski definition) is 1. The van der Waals surface area contributed by atoms with E-state index in [2.05, 4.69) is 15.3 Å². The number of nitrogens with one attached hydrogen (secondary N) is 1. The van der Waals surface area contributed by atoms with Crippen molar-refractivity contribution in [1.29, 1.82) is 0 Å². The average molecular weight is 499 g/mol. The number of hydrogen-bond acceptors (Lipinski definition) is 10. The van der Waals surface area contributed by atoms with E-state index in [1.807, 2.05) is 0 Å². The van der Waals surface area contributed by atoms with E-state index in [0.717, 1.165) is 22.7 Å². The minimum Gasteiger partial charge on any atom is -0.497 e. The summed E-state index contributed by atoms with van der Waals surface area (Å²) < 4.78 is 36.6. The van der Waals surface area contributed by atoms with Crippen LogP contribution in [-0.4, -0.2) is 61.5 Å². The molecule has 11 nitrogen and oxygen atoms in total. The zero-order valence-corrected chi connectivity index (χ0v) is 19.4. The highest BCUT2D eigenvalue weighted by Crippen LogP contribution is 2.23. The van der Waals surface area contributed by atoms with Crippen molar-refractivity contribution in [2.24, 2.45) is 4.99 Å². The molecule has 1 aromatic carbocycles. The van der Waals surface area contributed by atoms with Crippen molar-refractivity contribution in [2.75, 3.05) is 31.0 Å². The van der Waals surface area contributed by atoms with Crippen molar-refractivity contribution in [3.8, 4) is 5.75 Å². The van der Waals surface area contributed by atoms with Crippen molar-refractivity contribution in [3.63, 3.8) is 0 Å². The van der Waals surface area contributed by atoms with Gasteiger partial charge in [0, 0.05) is 11.6 Å². The van der Waals surface area contributed by atoms with Crippen LogP contribution < -0.4 is 14.9 Å². The second-order valence-electron chi connectivity index (χ2n) is 6.30. The topological polar surface area (TPSA) is 146 Å². The number of sulfone groups is 1. The Balaban J connectivity index is 1.84. The lowest BCUT2D eigenvalue weighted by atomic mass is 10.3. The zero-order valence-electron chi connectivity index (χ0n) is 16.9. The first-order chi connectivity index (χ1) is 15.2. The number of anilines is 1. The summed E-state index contributed by atoms with van der Waals surface area (Å²) in [7, 11) is -1.35. The zero-order chi connectivity index (χ0) is 23.3. The molecule has 0 saturated heterocycles. The monoisotopic (exact) mass is 498 g/mol. The molecule has 0 saturated carbocycles. The predicted molar refractivity (Wildman–Crippen MR) is 118 cm³/mol. The molecule has 0 spiro atoms. The standard InChI is InChI=1S/C18H18N4O7S3/c1-28-11-3-4-12-13(7-11)31-18(22(12)8-16(25)29-2)21-15(24)10-32(26,27)9-14(23)20-17-19-5-6-30-17/h3-7H,8-10H2,1-2H3,(H,19,20,23). The summed E-state index contributed by atoms with van der Waals surface area (Å²) in [6.45, 7) is -0.224. The van der Waals surface area contributed by atoms with Crippen LogP contribution in [0.15, 0.2) is 34.8 Å². The summed E-state index contributed by atoms with van der Waals surface area (Å²) in [5, 5.41) is 4.23. The van der Waals surface area contributed by atoms with Gasteiger partial charge in [0.05, 0.1) is 24.4 Å². The van der Waals surface area contributed by atoms with Crippen LogP contribution in [0.5, 0.6) is 5.75 Å². The highest BCUT2D eigenvalue weighted by molar-refractivity contribution is 7.92. The Labute approximate surface area is 190 Å². The molecular weight excluding hydrogens is 480 g/mol. The summed E-state index contributed by atoms with van der Waals surface area (Å²) in [6, 6.07) is 5.08. The van der Waals surface area contributed by atoms with Crippen molar-refractivity contribution >= 4 is 65.6 Å². The maximum atomic E-state index is 12.4. The van der Waals surface area contributed by atoms with Crippen molar-refractivity contribution < 1.29 is 32.3 Å². The first kappa shape index (κ1) is 23.6. The largest absolute Gasteiger partial charge is 0.497 e. The van der Waals surface area contributed by atoms with E-state index >= 15 is 0 Å². The van der Waals surface area contributed by atoms with E-state index < -0.39 is 39.1 Å². The SMILES string of the molecule is COC(=O)Cn1c(=NC(=O)CS(=O)(=O)CC(=O)Nc2nccs2)sc2cc(OC)ccc21. The predicted octanol–water partition coefficient (Wildman–Crippen LogP) is 0.822. The summed E-state index contributed by atoms with van der Waals surface area (Å²) >= 11 is 2.22. The van der Waals surface area contributed by atoms with Crippen molar-refractivity contribution in [3.05, 3.63) is 34.6 Å². The van der Waals surface area contributed by atoms with Gasteiger partial charge in [0.2, 0.25) is 5.91 Å². The Hall–Kier alpha value is -3.10. The smallest absolute Gasteiger partial charge is 0.325 e. The molecule has 1 N–H and O–H groups in total. The molecule has 0 bridgehead atoms. The van der Waals surface area contributed by atoms with Gasteiger partial charge in [-0.05, 0) is 18.2 Å².